The summed E-state index contributed by atoms with van der Waals surface area (Å²) in [7, 11) is 0. The standard InChI is InChI=1S/C17H17Cl2NO/c18-14-4-3-13(17(19)11-14)12-21-16-7-5-15(6-8-16)20-9-1-2-10-20/h3-8,11H,1-2,9-10,12H2. The molecule has 0 aliphatic carbocycles. The van der Waals surface area contributed by atoms with E-state index in [1.54, 1.807) is 6.07 Å². The Morgan fingerprint density at radius 3 is 2.33 bits per heavy atom. The molecule has 21 heavy (non-hydrogen) atoms. The second-order valence-corrected chi connectivity index (χ2v) is 6.06. The topological polar surface area (TPSA) is 12.5 Å². The van der Waals surface area contributed by atoms with Gasteiger partial charge in [-0.05, 0) is 49.2 Å². The van der Waals surface area contributed by atoms with Gasteiger partial charge in [0.2, 0.25) is 0 Å². The van der Waals surface area contributed by atoms with Crippen molar-refractivity contribution in [3.8, 4) is 5.75 Å². The van der Waals surface area contributed by atoms with Crippen molar-refractivity contribution < 1.29 is 4.74 Å². The van der Waals surface area contributed by atoms with Crippen molar-refractivity contribution in [3.63, 3.8) is 0 Å². The van der Waals surface area contributed by atoms with E-state index in [4.69, 9.17) is 27.9 Å². The van der Waals surface area contributed by atoms with E-state index in [0.717, 1.165) is 24.4 Å². The van der Waals surface area contributed by atoms with Crippen LogP contribution in [-0.2, 0) is 6.61 Å². The van der Waals surface area contributed by atoms with Crippen LogP contribution < -0.4 is 9.64 Å². The minimum atomic E-state index is 0.444. The summed E-state index contributed by atoms with van der Waals surface area (Å²) in [4.78, 5) is 2.40. The molecule has 1 saturated heterocycles. The Morgan fingerprint density at radius 1 is 0.952 bits per heavy atom. The van der Waals surface area contributed by atoms with Crippen LogP contribution in [0.4, 0.5) is 5.69 Å². The first-order valence-corrected chi connectivity index (χ1v) is 7.90. The largest absolute Gasteiger partial charge is 0.489 e. The summed E-state index contributed by atoms with van der Waals surface area (Å²) < 4.78 is 5.78. The number of hydrogen-bond donors (Lipinski definition) is 0. The summed E-state index contributed by atoms with van der Waals surface area (Å²) in [5.41, 5.74) is 2.20. The fraction of sp³-hybridized carbons (Fsp3) is 0.294. The molecule has 1 aliphatic rings. The molecule has 1 fully saturated rings. The molecule has 0 unspecified atom stereocenters. The highest BCUT2D eigenvalue weighted by Gasteiger charge is 2.12. The Morgan fingerprint density at radius 2 is 1.67 bits per heavy atom. The van der Waals surface area contributed by atoms with Crippen molar-refractivity contribution in [1.29, 1.82) is 0 Å². The Balaban J connectivity index is 1.62. The van der Waals surface area contributed by atoms with Crippen LogP contribution in [0, 0.1) is 0 Å². The van der Waals surface area contributed by atoms with Gasteiger partial charge in [-0.15, -0.1) is 0 Å². The van der Waals surface area contributed by atoms with Gasteiger partial charge in [-0.25, -0.2) is 0 Å². The van der Waals surface area contributed by atoms with Crippen molar-refractivity contribution in [2.24, 2.45) is 0 Å². The maximum atomic E-state index is 6.14. The zero-order valence-electron chi connectivity index (χ0n) is 11.7. The van der Waals surface area contributed by atoms with Crippen molar-refractivity contribution >= 4 is 28.9 Å². The lowest BCUT2D eigenvalue weighted by Gasteiger charge is -2.17. The zero-order chi connectivity index (χ0) is 14.7. The molecule has 2 aromatic carbocycles. The lowest BCUT2D eigenvalue weighted by Crippen LogP contribution is -2.17. The number of benzene rings is 2. The molecule has 0 amide bonds. The van der Waals surface area contributed by atoms with Gasteiger partial charge in [-0.3, -0.25) is 0 Å². The number of nitrogens with zero attached hydrogens (tertiary/aromatic N) is 1. The Kier molecular flexibility index (Phi) is 4.57. The van der Waals surface area contributed by atoms with Crippen LogP contribution in [0.25, 0.3) is 0 Å². The number of rotatable bonds is 4. The zero-order valence-corrected chi connectivity index (χ0v) is 13.2. The molecule has 0 aromatic heterocycles. The first-order chi connectivity index (χ1) is 10.2. The van der Waals surface area contributed by atoms with Gasteiger partial charge in [0.15, 0.2) is 0 Å². The molecule has 2 aromatic rings. The maximum Gasteiger partial charge on any atom is 0.119 e. The van der Waals surface area contributed by atoms with Gasteiger partial charge in [0.1, 0.15) is 12.4 Å². The normalized spacial score (nSPS) is 14.5. The second kappa shape index (κ2) is 6.59. The van der Waals surface area contributed by atoms with Crippen molar-refractivity contribution in [2.45, 2.75) is 19.4 Å². The van der Waals surface area contributed by atoms with Crippen LogP contribution in [-0.4, -0.2) is 13.1 Å². The van der Waals surface area contributed by atoms with Crippen molar-refractivity contribution in [3.05, 3.63) is 58.1 Å². The van der Waals surface area contributed by atoms with Gasteiger partial charge in [-0.2, -0.15) is 0 Å². The number of halogens is 2. The molecule has 0 atom stereocenters. The van der Waals surface area contributed by atoms with E-state index in [-0.39, 0.29) is 0 Å². The van der Waals surface area contributed by atoms with Gasteiger partial charge in [-0.1, -0.05) is 29.3 Å². The summed E-state index contributed by atoms with van der Waals surface area (Å²) in [6, 6.07) is 13.7. The summed E-state index contributed by atoms with van der Waals surface area (Å²) in [5, 5.41) is 1.27. The average molecular weight is 322 g/mol. The van der Waals surface area contributed by atoms with Crippen molar-refractivity contribution in [1.82, 2.24) is 0 Å². The third kappa shape index (κ3) is 3.63. The predicted octanol–water partition coefficient (Wildman–Crippen LogP) is 5.17. The fourth-order valence-corrected chi connectivity index (χ4v) is 2.99. The molecule has 1 heterocycles. The molecular weight excluding hydrogens is 305 g/mol. The monoisotopic (exact) mass is 321 g/mol. The lowest BCUT2D eigenvalue weighted by atomic mass is 10.2. The first kappa shape index (κ1) is 14.6. The molecule has 0 spiro atoms. The Hall–Kier alpha value is -1.38. The smallest absolute Gasteiger partial charge is 0.119 e. The highest BCUT2D eigenvalue weighted by atomic mass is 35.5. The molecule has 110 valence electrons. The number of ether oxygens (including phenoxy) is 1. The molecule has 1 aliphatic heterocycles. The van der Waals surface area contributed by atoms with Crippen LogP contribution in [0.2, 0.25) is 10.0 Å². The van der Waals surface area contributed by atoms with E-state index in [2.05, 4.69) is 17.0 Å². The van der Waals surface area contributed by atoms with E-state index < -0.39 is 0 Å². The quantitative estimate of drug-likeness (QED) is 0.770. The third-order valence-electron chi connectivity index (χ3n) is 3.72. The van der Waals surface area contributed by atoms with Gasteiger partial charge in [0.05, 0.1) is 0 Å². The van der Waals surface area contributed by atoms with E-state index in [0.29, 0.717) is 16.7 Å². The van der Waals surface area contributed by atoms with E-state index in [9.17, 15) is 0 Å². The highest BCUT2D eigenvalue weighted by Crippen LogP contribution is 2.25. The van der Waals surface area contributed by atoms with Crippen LogP contribution >= 0.6 is 23.2 Å². The van der Waals surface area contributed by atoms with Crippen LogP contribution in [0.5, 0.6) is 5.75 Å². The highest BCUT2D eigenvalue weighted by molar-refractivity contribution is 6.35. The number of anilines is 1. The second-order valence-electron chi connectivity index (χ2n) is 5.21. The summed E-state index contributed by atoms with van der Waals surface area (Å²) in [6.45, 7) is 2.75. The first-order valence-electron chi connectivity index (χ1n) is 7.14. The van der Waals surface area contributed by atoms with E-state index >= 15 is 0 Å². The van der Waals surface area contributed by atoms with Gasteiger partial charge >= 0.3 is 0 Å². The molecule has 0 bridgehead atoms. The molecule has 3 rings (SSSR count). The Labute approximate surface area is 135 Å². The molecule has 0 radical (unpaired) electrons. The SMILES string of the molecule is Clc1ccc(COc2ccc(N3CCCC3)cc2)c(Cl)c1. The van der Waals surface area contributed by atoms with Crippen LogP contribution in [0.15, 0.2) is 42.5 Å². The van der Waals surface area contributed by atoms with Gasteiger partial charge < -0.3 is 9.64 Å². The van der Waals surface area contributed by atoms with E-state index in [1.165, 1.54) is 18.5 Å². The maximum absolute atomic E-state index is 6.14. The summed E-state index contributed by atoms with van der Waals surface area (Å²) in [6.07, 6.45) is 2.57. The van der Waals surface area contributed by atoms with E-state index in [1.807, 2.05) is 24.3 Å². The van der Waals surface area contributed by atoms with Crippen molar-refractivity contribution in [2.75, 3.05) is 18.0 Å². The van der Waals surface area contributed by atoms with Crippen LogP contribution in [0.1, 0.15) is 18.4 Å². The summed E-state index contributed by atoms with van der Waals surface area (Å²) >= 11 is 12.0. The van der Waals surface area contributed by atoms with Gasteiger partial charge in [0.25, 0.3) is 0 Å². The van der Waals surface area contributed by atoms with Crippen LogP contribution in [0.3, 0.4) is 0 Å². The molecule has 2 nitrogen and oxygen atoms in total. The van der Waals surface area contributed by atoms with Gasteiger partial charge in [0, 0.05) is 34.4 Å². The lowest BCUT2D eigenvalue weighted by molar-refractivity contribution is 0.306. The predicted molar refractivity (Wildman–Crippen MR) is 88.7 cm³/mol. The molecule has 0 saturated carbocycles. The molecule has 0 N–H and O–H groups in total. The average Bonchev–Trinajstić information content (AvgIpc) is 3.01. The minimum Gasteiger partial charge on any atom is -0.489 e. The minimum absolute atomic E-state index is 0.444. The summed E-state index contributed by atoms with van der Waals surface area (Å²) in [5.74, 6) is 0.851. The fourth-order valence-electron chi connectivity index (χ4n) is 2.53. The Bertz CT molecular complexity index is 607. The number of hydrogen-bond acceptors (Lipinski definition) is 2. The molecular formula is C17H17Cl2NO. The molecule has 4 heteroatoms. The third-order valence-corrected chi connectivity index (χ3v) is 4.30.